The Labute approximate surface area is 87.3 Å². The summed E-state index contributed by atoms with van der Waals surface area (Å²) in [5.41, 5.74) is 6.23. The van der Waals surface area contributed by atoms with Crippen LogP contribution in [0.4, 0.5) is 0 Å². The summed E-state index contributed by atoms with van der Waals surface area (Å²) in [6.45, 7) is 9.19. The summed E-state index contributed by atoms with van der Waals surface area (Å²) < 4.78 is 0. The van der Waals surface area contributed by atoms with E-state index in [0.717, 1.165) is 11.8 Å². The van der Waals surface area contributed by atoms with Gasteiger partial charge in [0.1, 0.15) is 0 Å². The van der Waals surface area contributed by atoms with Gasteiger partial charge in [-0.15, -0.1) is 0 Å². The lowest BCUT2D eigenvalue weighted by molar-refractivity contribution is 0.404. The zero-order chi connectivity index (χ0) is 10.3. The monoisotopic (exact) mass is 188 g/mol. The Morgan fingerprint density at radius 3 is 2.50 bits per heavy atom. The van der Waals surface area contributed by atoms with Crippen LogP contribution in [0.3, 0.4) is 0 Å². The maximum absolute atomic E-state index is 2.35. The second-order valence-corrected chi connectivity index (χ2v) is 5.06. The minimum Gasteiger partial charge on any atom is -0.0625 e. The first kappa shape index (κ1) is 9.76. The van der Waals surface area contributed by atoms with Gasteiger partial charge < -0.3 is 0 Å². The van der Waals surface area contributed by atoms with E-state index in [0.29, 0.717) is 0 Å². The zero-order valence-corrected chi connectivity index (χ0v) is 9.72. The summed E-state index contributed by atoms with van der Waals surface area (Å²) in [5.74, 6) is 1.70. The Morgan fingerprint density at radius 2 is 1.86 bits per heavy atom. The van der Waals surface area contributed by atoms with E-state index in [1.165, 1.54) is 24.0 Å². The summed E-state index contributed by atoms with van der Waals surface area (Å²) in [4.78, 5) is 0. The lowest BCUT2D eigenvalue weighted by Crippen LogP contribution is -2.07. The molecule has 2 rings (SSSR count). The molecule has 0 saturated carbocycles. The topological polar surface area (TPSA) is 0 Å². The molecular weight excluding hydrogens is 168 g/mol. The minimum atomic E-state index is 0.821. The Morgan fingerprint density at radius 1 is 1.14 bits per heavy atom. The number of hydrogen-bond acceptors (Lipinski definition) is 0. The highest BCUT2D eigenvalue weighted by Crippen LogP contribution is 2.34. The van der Waals surface area contributed by atoms with E-state index in [-0.39, 0.29) is 0 Å². The van der Waals surface area contributed by atoms with Gasteiger partial charge in [-0.25, -0.2) is 0 Å². The molecule has 0 heterocycles. The van der Waals surface area contributed by atoms with Crippen LogP contribution in [-0.2, 0) is 12.8 Å². The average molecular weight is 188 g/mol. The number of benzene rings is 1. The van der Waals surface area contributed by atoms with Crippen molar-refractivity contribution in [1.82, 2.24) is 0 Å². The van der Waals surface area contributed by atoms with E-state index in [4.69, 9.17) is 0 Å². The van der Waals surface area contributed by atoms with Crippen LogP contribution in [0.15, 0.2) is 12.1 Å². The molecule has 1 aliphatic rings. The molecule has 0 nitrogen and oxygen atoms in total. The maximum Gasteiger partial charge on any atom is -0.0239 e. The van der Waals surface area contributed by atoms with Crippen LogP contribution in [-0.4, -0.2) is 0 Å². The third kappa shape index (κ3) is 1.47. The molecule has 0 fully saturated rings. The standard InChI is InChI=1S/C14H20/c1-9(2)13-7-12-6-5-10(3)11(4)14(12)8-13/h5-6,9,13H,7-8H2,1-4H3. The highest BCUT2D eigenvalue weighted by molar-refractivity contribution is 5.43. The fraction of sp³-hybridized carbons (Fsp3) is 0.571. The van der Waals surface area contributed by atoms with Crippen molar-refractivity contribution in [2.45, 2.75) is 40.5 Å². The van der Waals surface area contributed by atoms with E-state index >= 15 is 0 Å². The predicted octanol–water partition coefficient (Wildman–Crippen LogP) is 3.67. The van der Waals surface area contributed by atoms with Gasteiger partial charge in [-0.2, -0.15) is 0 Å². The predicted molar refractivity (Wildman–Crippen MR) is 61.7 cm³/mol. The quantitative estimate of drug-likeness (QED) is 0.630. The molecule has 0 aliphatic heterocycles. The van der Waals surface area contributed by atoms with Gasteiger partial charge in [-0.05, 0) is 60.8 Å². The number of aryl methyl sites for hydroxylation is 1. The van der Waals surface area contributed by atoms with Gasteiger partial charge in [0.25, 0.3) is 0 Å². The Balaban J connectivity index is 2.36. The minimum absolute atomic E-state index is 0.821. The van der Waals surface area contributed by atoms with Crippen molar-refractivity contribution in [3.63, 3.8) is 0 Å². The normalized spacial score (nSPS) is 20.2. The highest BCUT2D eigenvalue weighted by Gasteiger charge is 2.25. The van der Waals surface area contributed by atoms with Crippen LogP contribution in [0.25, 0.3) is 0 Å². The molecule has 0 saturated heterocycles. The molecule has 76 valence electrons. The largest absolute Gasteiger partial charge is 0.0625 e. The van der Waals surface area contributed by atoms with Crippen molar-refractivity contribution in [1.29, 1.82) is 0 Å². The summed E-state index contributed by atoms with van der Waals surface area (Å²) >= 11 is 0. The van der Waals surface area contributed by atoms with Crippen LogP contribution in [0, 0.1) is 25.7 Å². The number of rotatable bonds is 1. The van der Waals surface area contributed by atoms with Crippen molar-refractivity contribution in [2.75, 3.05) is 0 Å². The Hall–Kier alpha value is -0.780. The molecule has 0 bridgehead atoms. The number of hydrogen-bond donors (Lipinski definition) is 0. The summed E-state index contributed by atoms with van der Waals surface area (Å²) in [6, 6.07) is 4.61. The molecule has 0 radical (unpaired) electrons. The van der Waals surface area contributed by atoms with E-state index in [1.807, 2.05) is 0 Å². The van der Waals surface area contributed by atoms with Crippen molar-refractivity contribution in [3.05, 3.63) is 34.4 Å². The first-order valence-corrected chi connectivity index (χ1v) is 5.67. The molecule has 0 N–H and O–H groups in total. The van der Waals surface area contributed by atoms with E-state index < -0.39 is 0 Å². The van der Waals surface area contributed by atoms with Crippen molar-refractivity contribution in [2.24, 2.45) is 11.8 Å². The SMILES string of the molecule is Cc1ccc2c(c1C)CC(C(C)C)C2. The second kappa shape index (κ2) is 3.42. The van der Waals surface area contributed by atoms with Gasteiger partial charge >= 0.3 is 0 Å². The van der Waals surface area contributed by atoms with E-state index in [2.05, 4.69) is 39.8 Å². The van der Waals surface area contributed by atoms with Crippen molar-refractivity contribution < 1.29 is 0 Å². The lowest BCUT2D eigenvalue weighted by atomic mass is 9.93. The number of fused-ring (bicyclic) bond motifs is 1. The first-order valence-electron chi connectivity index (χ1n) is 5.67. The average Bonchev–Trinajstić information content (AvgIpc) is 2.56. The summed E-state index contributed by atoms with van der Waals surface area (Å²) in [7, 11) is 0. The Kier molecular flexibility index (Phi) is 2.38. The molecule has 1 atom stereocenters. The van der Waals surface area contributed by atoms with E-state index in [1.54, 1.807) is 11.1 Å². The molecule has 1 aromatic carbocycles. The van der Waals surface area contributed by atoms with Crippen LogP contribution >= 0.6 is 0 Å². The first-order chi connectivity index (χ1) is 6.59. The van der Waals surface area contributed by atoms with Gasteiger partial charge in [0.15, 0.2) is 0 Å². The molecule has 0 spiro atoms. The molecule has 14 heavy (non-hydrogen) atoms. The third-order valence-electron chi connectivity index (χ3n) is 3.86. The van der Waals surface area contributed by atoms with Crippen LogP contribution in [0.1, 0.15) is 36.1 Å². The van der Waals surface area contributed by atoms with E-state index in [9.17, 15) is 0 Å². The molecule has 0 aromatic heterocycles. The molecular formula is C14H20. The van der Waals surface area contributed by atoms with Gasteiger partial charge in [0.2, 0.25) is 0 Å². The third-order valence-corrected chi connectivity index (χ3v) is 3.86. The Bertz CT molecular complexity index is 347. The van der Waals surface area contributed by atoms with Crippen molar-refractivity contribution >= 4 is 0 Å². The van der Waals surface area contributed by atoms with Gasteiger partial charge in [-0.1, -0.05) is 26.0 Å². The summed E-state index contributed by atoms with van der Waals surface area (Å²) in [6.07, 6.45) is 2.61. The van der Waals surface area contributed by atoms with Gasteiger partial charge in [0.05, 0.1) is 0 Å². The van der Waals surface area contributed by atoms with Gasteiger partial charge in [-0.3, -0.25) is 0 Å². The highest BCUT2D eigenvalue weighted by atomic mass is 14.3. The van der Waals surface area contributed by atoms with Crippen LogP contribution in [0.5, 0.6) is 0 Å². The molecule has 0 heteroatoms. The van der Waals surface area contributed by atoms with Crippen molar-refractivity contribution in [3.8, 4) is 0 Å². The molecule has 1 unspecified atom stereocenters. The maximum atomic E-state index is 2.35. The smallest absolute Gasteiger partial charge is 0.0239 e. The van der Waals surface area contributed by atoms with Crippen LogP contribution < -0.4 is 0 Å². The lowest BCUT2D eigenvalue weighted by Gasteiger charge is -2.12. The second-order valence-electron chi connectivity index (χ2n) is 5.06. The summed E-state index contributed by atoms with van der Waals surface area (Å²) in [5, 5.41) is 0. The zero-order valence-electron chi connectivity index (χ0n) is 9.72. The van der Waals surface area contributed by atoms with Gasteiger partial charge in [0, 0.05) is 0 Å². The molecule has 0 amide bonds. The molecule has 1 aromatic rings. The molecule has 1 aliphatic carbocycles. The van der Waals surface area contributed by atoms with Crippen LogP contribution in [0.2, 0.25) is 0 Å². The fourth-order valence-electron chi connectivity index (χ4n) is 2.49. The fourth-order valence-corrected chi connectivity index (χ4v) is 2.49.